The highest BCUT2D eigenvalue weighted by Crippen LogP contribution is 2.20. The second-order valence-electron chi connectivity index (χ2n) is 2.93. The zero-order chi connectivity index (χ0) is 9.30. The fraction of sp³-hybridized carbons (Fsp3) is 0.857. The minimum atomic E-state index is -1.19. The lowest BCUT2D eigenvalue weighted by Gasteiger charge is -2.33. The molecule has 0 aromatic heterocycles. The number of hydrogen-bond acceptors (Lipinski definition) is 5. The van der Waals surface area contributed by atoms with Gasteiger partial charge in [-0.05, 0) is 6.92 Å². The van der Waals surface area contributed by atoms with Gasteiger partial charge in [0.2, 0.25) is 0 Å². The largest absolute Gasteiger partial charge is 0.457 e. The lowest BCUT2D eigenvalue weighted by atomic mass is 9.93. The smallest absolute Gasteiger partial charge is 0.311 e. The van der Waals surface area contributed by atoms with Gasteiger partial charge >= 0.3 is 5.97 Å². The molecule has 5 heteroatoms. The molecule has 3 N–H and O–H groups in total. The molecule has 4 atom stereocenters. The molecule has 1 aliphatic rings. The number of hydrogen-bond donors (Lipinski definition) is 3. The molecule has 0 aromatic rings. The summed E-state index contributed by atoms with van der Waals surface area (Å²) in [7, 11) is 0. The number of esters is 1. The van der Waals surface area contributed by atoms with Crippen LogP contribution in [0.25, 0.3) is 0 Å². The average Bonchev–Trinajstić information content (AvgIpc) is 2.08. The minimum Gasteiger partial charge on any atom is -0.457 e. The normalized spacial score (nSPS) is 42.5. The molecule has 70 valence electrons. The number of carbonyl (C=O) groups is 1. The van der Waals surface area contributed by atoms with Gasteiger partial charge in [0.15, 0.2) is 6.10 Å². The Balaban J connectivity index is 2.70. The molecule has 1 fully saturated rings. The van der Waals surface area contributed by atoms with Crippen molar-refractivity contribution in [1.29, 1.82) is 0 Å². The molecule has 0 amide bonds. The van der Waals surface area contributed by atoms with Crippen LogP contribution < -0.4 is 0 Å². The molecule has 0 radical (unpaired) electrons. The van der Waals surface area contributed by atoms with E-state index in [2.05, 4.69) is 4.74 Å². The molecule has 0 aliphatic carbocycles. The van der Waals surface area contributed by atoms with Gasteiger partial charge in [0.05, 0.1) is 18.6 Å². The maximum atomic E-state index is 10.9. The molecular weight excluding hydrogens is 164 g/mol. The lowest BCUT2D eigenvalue weighted by molar-refractivity contribution is -0.194. The second-order valence-corrected chi connectivity index (χ2v) is 2.93. The van der Waals surface area contributed by atoms with E-state index in [4.69, 9.17) is 5.11 Å². The summed E-state index contributed by atoms with van der Waals surface area (Å²) in [5.41, 5.74) is 0. The van der Waals surface area contributed by atoms with Gasteiger partial charge in [0.25, 0.3) is 0 Å². The van der Waals surface area contributed by atoms with E-state index in [-0.39, 0.29) is 0 Å². The van der Waals surface area contributed by atoms with Crippen LogP contribution in [-0.4, -0.2) is 46.2 Å². The van der Waals surface area contributed by atoms with Gasteiger partial charge in [-0.2, -0.15) is 0 Å². The van der Waals surface area contributed by atoms with E-state index >= 15 is 0 Å². The van der Waals surface area contributed by atoms with Crippen molar-refractivity contribution in [3.63, 3.8) is 0 Å². The fourth-order valence-corrected chi connectivity index (χ4v) is 1.13. The third kappa shape index (κ3) is 1.43. The summed E-state index contributed by atoms with van der Waals surface area (Å²) in [6.45, 7) is 0.987. The molecule has 0 bridgehead atoms. The van der Waals surface area contributed by atoms with Gasteiger partial charge < -0.3 is 20.1 Å². The van der Waals surface area contributed by atoms with Gasteiger partial charge in [-0.15, -0.1) is 0 Å². The Morgan fingerprint density at radius 1 is 1.42 bits per heavy atom. The molecular formula is C7H12O5. The van der Waals surface area contributed by atoms with E-state index in [1.807, 2.05) is 0 Å². The van der Waals surface area contributed by atoms with Crippen LogP contribution in [0.15, 0.2) is 0 Å². The Morgan fingerprint density at radius 2 is 2.00 bits per heavy atom. The van der Waals surface area contributed by atoms with Crippen LogP contribution in [0.5, 0.6) is 0 Å². The number of carbonyl (C=O) groups excluding carboxylic acids is 1. The van der Waals surface area contributed by atoms with Gasteiger partial charge in [0.1, 0.15) is 6.10 Å². The average molecular weight is 176 g/mol. The van der Waals surface area contributed by atoms with Crippen molar-refractivity contribution in [2.24, 2.45) is 5.92 Å². The maximum absolute atomic E-state index is 10.9. The van der Waals surface area contributed by atoms with Crippen molar-refractivity contribution in [1.82, 2.24) is 0 Å². The Kier molecular flexibility index (Phi) is 2.66. The van der Waals surface area contributed by atoms with Crippen LogP contribution in [-0.2, 0) is 9.53 Å². The second kappa shape index (κ2) is 3.38. The Bertz CT molecular complexity index is 179. The van der Waals surface area contributed by atoms with E-state index in [9.17, 15) is 15.0 Å². The van der Waals surface area contributed by atoms with Crippen molar-refractivity contribution >= 4 is 5.97 Å². The van der Waals surface area contributed by atoms with Crippen LogP contribution in [0.2, 0.25) is 0 Å². The molecule has 0 aromatic carbocycles. The van der Waals surface area contributed by atoms with Crippen molar-refractivity contribution in [2.75, 3.05) is 6.61 Å². The summed E-state index contributed by atoms with van der Waals surface area (Å²) in [6, 6.07) is 0. The van der Waals surface area contributed by atoms with E-state index in [1.54, 1.807) is 0 Å². The summed E-state index contributed by atoms with van der Waals surface area (Å²) in [4.78, 5) is 10.9. The molecule has 1 rings (SSSR count). The van der Waals surface area contributed by atoms with Gasteiger partial charge in [-0.3, -0.25) is 4.79 Å². The quantitative estimate of drug-likeness (QED) is 0.413. The van der Waals surface area contributed by atoms with Crippen LogP contribution in [0.3, 0.4) is 0 Å². The monoisotopic (exact) mass is 176 g/mol. The molecule has 0 saturated carbocycles. The first-order valence-electron chi connectivity index (χ1n) is 3.75. The van der Waals surface area contributed by atoms with Gasteiger partial charge in [-0.1, -0.05) is 0 Å². The zero-order valence-corrected chi connectivity index (χ0v) is 6.67. The minimum absolute atomic E-state index is 0.476. The molecule has 0 spiro atoms. The first-order valence-corrected chi connectivity index (χ1v) is 3.75. The fourth-order valence-electron chi connectivity index (χ4n) is 1.13. The summed E-state index contributed by atoms with van der Waals surface area (Å²) < 4.78 is 4.63. The maximum Gasteiger partial charge on any atom is 0.311 e. The van der Waals surface area contributed by atoms with Crippen LogP contribution in [0.4, 0.5) is 0 Å². The topological polar surface area (TPSA) is 87.0 Å². The van der Waals surface area contributed by atoms with Crippen molar-refractivity contribution in [3.8, 4) is 0 Å². The first kappa shape index (κ1) is 9.44. The number of rotatable bonds is 1. The summed E-state index contributed by atoms with van der Waals surface area (Å²) in [5, 5.41) is 27.1. The Labute approximate surface area is 69.6 Å². The van der Waals surface area contributed by atoms with Crippen LogP contribution in [0, 0.1) is 5.92 Å². The molecule has 1 aliphatic heterocycles. The van der Waals surface area contributed by atoms with Crippen LogP contribution in [0.1, 0.15) is 6.92 Å². The molecule has 5 nitrogen and oxygen atoms in total. The van der Waals surface area contributed by atoms with Crippen molar-refractivity contribution in [3.05, 3.63) is 0 Å². The molecule has 1 heterocycles. The van der Waals surface area contributed by atoms with Crippen LogP contribution >= 0.6 is 0 Å². The number of ether oxygens (including phenoxy) is 1. The Hall–Kier alpha value is -0.650. The summed E-state index contributed by atoms with van der Waals surface area (Å²) in [6.07, 6.45) is -3.34. The van der Waals surface area contributed by atoms with Gasteiger partial charge in [-0.25, -0.2) is 0 Å². The highest BCUT2D eigenvalue weighted by Gasteiger charge is 2.41. The predicted molar refractivity (Wildman–Crippen MR) is 38.1 cm³/mol. The van der Waals surface area contributed by atoms with E-state index in [1.165, 1.54) is 6.92 Å². The third-order valence-electron chi connectivity index (χ3n) is 2.06. The lowest BCUT2D eigenvalue weighted by Crippen LogP contribution is -2.52. The number of cyclic esters (lactones) is 1. The Morgan fingerprint density at radius 3 is 2.50 bits per heavy atom. The standard InChI is InChI=1S/C7H12O5/c1-3-5(9)6(10)4(2-8)12-7(3)11/h3-6,8-10H,2H2,1H3. The summed E-state index contributed by atoms with van der Waals surface area (Å²) >= 11 is 0. The van der Waals surface area contributed by atoms with E-state index in [0.717, 1.165) is 0 Å². The molecule has 12 heavy (non-hydrogen) atoms. The third-order valence-corrected chi connectivity index (χ3v) is 2.06. The van der Waals surface area contributed by atoms with E-state index < -0.39 is 36.8 Å². The molecule has 1 saturated heterocycles. The predicted octanol–water partition coefficient (Wildman–Crippen LogP) is -1.74. The SMILES string of the molecule is CC1C(=O)OC(CO)C(O)C1O. The highest BCUT2D eigenvalue weighted by atomic mass is 16.6. The number of aliphatic hydroxyl groups is 3. The van der Waals surface area contributed by atoms with Gasteiger partial charge in [0, 0.05) is 0 Å². The molecule has 4 unspecified atom stereocenters. The van der Waals surface area contributed by atoms with Crippen molar-refractivity contribution < 1.29 is 24.9 Å². The zero-order valence-electron chi connectivity index (χ0n) is 6.67. The first-order chi connectivity index (χ1) is 5.57. The highest BCUT2D eigenvalue weighted by molar-refractivity contribution is 5.74. The number of aliphatic hydroxyl groups excluding tert-OH is 3. The van der Waals surface area contributed by atoms with E-state index in [0.29, 0.717) is 0 Å². The summed E-state index contributed by atoms with van der Waals surface area (Å²) in [5.74, 6) is -1.32. The van der Waals surface area contributed by atoms with Crippen molar-refractivity contribution in [2.45, 2.75) is 25.2 Å².